The quantitative estimate of drug-likeness (QED) is 0.737. The van der Waals surface area contributed by atoms with E-state index in [-0.39, 0.29) is 5.97 Å². The van der Waals surface area contributed by atoms with Crippen molar-refractivity contribution in [3.8, 4) is 11.5 Å². The van der Waals surface area contributed by atoms with Gasteiger partial charge in [0.2, 0.25) is 0 Å². The lowest BCUT2D eigenvalue weighted by molar-refractivity contribution is -0.151. The maximum Gasteiger partial charge on any atom is 0.347 e. The summed E-state index contributed by atoms with van der Waals surface area (Å²) >= 11 is 0. The molecule has 1 atom stereocenters. The molecule has 112 valence electrons. The summed E-state index contributed by atoms with van der Waals surface area (Å²) in [5.74, 6) is 0.773. The number of methoxy groups -OCH3 is 1. The van der Waals surface area contributed by atoms with Crippen LogP contribution in [0.4, 0.5) is 0 Å². The average molecular weight is 281 g/mol. The predicted molar refractivity (Wildman–Crippen MR) is 77.1 cm³/mol. The van der Waals surface area contributed by atoms with E-state index in [1.165, 1.54) is 0 Å². The van der Waals surface area contributed by atoms with Crippen molar-refractivity contribution in [1.82, 2.24) is 0 Å². The predicted octanol–water partition coefficient (Wildman–Crippen LogP) is 1.92. The average Bonchev–Trinajstić information content (AvgIpc) is 2.46. The van der Waals surface area contributed by atoms with Crippen LogP contribution in [0.1, 0.15) is 25.8 Å². The van der Waals surface area contributed by atoms with Gasteiger partial charge < -0.3 is 19.9 Å². The highest BCUT2D eigenvalue weighted by Gasteiger charge is 2.21. The lowest BCUT2D eigenvalue weighted by Gasteiger charge is -2.18. The Morgan fingerprint density at radius 1 is 1.30 bits per heavy atom. The van der Waals surface area contributed by atoms with E-state index in [1.807, 2.05) is 19.1 Å². The van der Waals surface area contributed by atoms with Gasteiger partial charge in [0.1, 0.15) is 0 Å². The summed E-state index contributed by atoms with van der Waals surface area (Å²) in [6.07, 6.45) is 0.683. The third kappa shape index (κ3) is 4.42. The van der Waals surface area contributed by atoms with Gasteiger partial charge in [0.05, 0.1) is 13.7 Å². The first-order chi connectivity index (χ1) is 9.65. The van der Waals surface area contributed by atoms with E-state index in [9.17, 15) is 4.79 Å². The number of ether oxygens (including phenoxy) is 3. The fourth-order valence-electron chi connectivity index (χ4n) is 1.82. The molecule has 5 nitrogen and oxygen atoms in total. The minimum absolute atomic E-state index is 0.339. The molecular weight excluding hydrogens is 258 g/mol. The van der Waals surface area contributed by atoms with Crippen molar-refractivity contribution in [2.24, 2.45) is 5.73 Å². The van der Waals surface area contributed by atoms with Gasteiger partial charge in [-0.1, -0.05) is 13.0 Å². The Bertz CT molecular complexity index is 434. The maximum atomic E-state index is 11.7. The number of hydrogen-bond donors (Lipinski definition) is 1. The van der Waals surface area contributed by atoms with Crippen LogP contribution >= 0.6 is 0 Å². The molecule has 0 fully saturated rings. The Morgan fingerprint density at radius 2 is 2.05 bits per heavy atom. The molecule has 0 bridgehead atoms. The molecule has 0 saturated carbocycles. The summed E-state index contributed by atoms with van der Waals surface area (Å²) in [6, 6.07) is 5.59. The third-order valence-electron chi connectivity index (χ3n) is 2.85. The van der Waals surface area contributed by atoms with Crippen molar-refractivity contribution in [2.75, 3.05) is 20.3 Å². The van der Waals surface area contributed by atoms with Crippen LogP contribution in [0, 0.1) is 0 Å². The van der Waals surface area contributed by atoms with Crippen LogP contribution in [0.15, 0.2) is 18.2 Å². The molecule has 0 aliphatic carbocycles. The molecule has 0 aliphatic rings. The van der Waals surface area contributed by atoms with Gasteiger partial charge in [-0.15, -0.1) is 0 Å². The molecule has 1 rings (SSSR count). The normalized spacial score (nSPS) is 11.8. The van der Waals surface area contributed by atoms with Gasteiger partial charge in [0.25, 0.3) is 0 Å². The number of benzene rings is 1. The number of rotatable bonds is 8. The Labute approximate surface area is 120 Å². The van der Waals surface area contributed by atoms with Gasteiger partial charge in [-0.3, -0.25) is 0 Å². The van der Waals surface area contributed by atoms with Crippen molar-refractivity contribution >= 4 is 5.97 Å². The second-order valence-electron chi connectivity index (χ2n) is 4.29. The second-order valence-corrected chi connectivity index (χ2v) is 4.29. The van der Waals surface area contributed by atoms with Crippen molar-refractivity contribution in [2.45, 2.75) is 32.8 Å². The number of carbonyl (C=O) groups excluding carboxylic acids is 1. The molecule has 0 radical (unpaired) electrons. The summed E-state index contributed by atoms with van der Waals surface area (Å²) in [5.41, 5.74) is 6.60. The molecular formula is C15H23NO4. The molecule has 1 aromatic rings. The van der Waals surface area contributed by atoms with Gasteiger partial charge in [-0.25, -0.2) is 4.79 Å². The summed E-state index contributed by atoms with van der Waals surface area (Å²) in [6.45, 7) is 4.55. The summed E-state index contributed by atoms with van der Waals surface area (Å²) in [4.78, 5) is 11.7. The van der Waals surface area contributed by atoms with Crippen molar-refractivity contribution in [3.05, 3.63) is 23.8 Å². The Hall–Kier alpha value is -1.75. The van der Waals surface area contributed by atoms with Gasteiger partial charge in [-0.2, -0.15) is 0 Å². The minimum atomic E-state index is -0.621. The molecule has 1 unspecified atom stereocenters. The van der Waals surface area contributed by atoms with E-state index in [4.69, 9.17) is 19.9 Å². The molecule has 0 aromatic heterocycles. The van der Waals surface area contributed by atoms with Crippen LogP contribution in [-0.2, 0) is 16.0 Å². The van der Waals surface area contributed by atoms with Crippen molar-refractivity contribution < 1.29 is 19.0 Å². The van der Waals surface area contributed by atoms with Crippen LogP contribution in [0.3, 0.4) is 0 Å². The Kier molecular flexibility index (Phi) is 6.87. The van der Waals surface area contributed by atoms with Crippen LogP contribution in [0.5, 0.6) is 11.5 Å². The lowest BCUT2D eigenvalue weighted by Crippen LogP contribution is -2.28. The smallest absolute Gasteiger partial charge is 0.347 e. The van der Waals surface area contributed by atoms with Gasteiger partial charge in [0, 0.05) is 0 Å². The number of carbonyl (C=O) groups is 1. The molecule has 0 heterocycles. The fourth-order valence-corrected chi connectivity index (χ4v) is 1.82. The van der Waals surface area contributed by atoms with Crippen LogP contribution in [0.2, 0.25) is 0 Å². The molecule has 1 aromatic carbocycles. The highest BCUT2D eigenvalue weighted by molar-refractivity contribution is 5.75. The molecule has 0 amide bonds. The monoisotopic (exact) mass is 281 g/mol. The molecule has 5 heteroatoms. The molecule has 20 heavy (non-hydrogen) atoms. The second kappa shape index (κ2) is 8.43. The molecule has 0 spiro atoms. The van der Waals surface area contributed by atoms with E-state index < -0.39 is 6.10 Å². The van der Waals surface area contributed by atoms with E-state index in [0.29, 0.717) is 31.1 Å². The van der Waals surface area contributed by atoms with Crippen molar-refractivity contribution in [1.29, 1.82) is 0 Å². The van der Waals surface area contributed by atoms with Gasteiger partial charge >= 0.3 is 5.97 Å². The zero-order valence-corrected chi connectivity index (χ0v) is 12.3. The summed E-state index contributed by atoms with van der Waals surface area (Å²) in [7, 11) is 1.57. The summed E-state index contributed by atoms with van der Waals surface area (Å²) < 4.78 is 16.0. The largest absolute Gasteiger partial charge is 0.493 e. The SMILES string of the molecule is CCOC(=O)C(CC)Oc1ccc(CCN)cc1OC. The number of esters is 1. The number of nitrogens with two attached hydrogens (primary N) is 1. The molecule has 0 saturated heterocycles. The van der Waals surface area contributed by atoms with Gasteiger partial charge in [-0.05, 0) is 44.0 Å². The topological polar surface area (TPSA) is 70.8 Å². The third-order valence-corrected chi connectivity index (χ3v) is 2.85. The molecule has 2 N–H and O–H groups in total. The zero-order chi connectivity index (χ0) is 15.0. The maximum absolute atomic E-state index is 11.7. The zero-order valence-electron chi connectivity index (χ0n) is 12.3. The Balaban J connectivity index is 2.86. The summed E-state index contributed by atoms with van der Waals surface area (Å²) in [5, 5.41) is 0. The van der Waals surface area contributed by atoms with Crippen LogP contribution in [0.25, 0.3) is 0 Å². The van der Waals surface area contributed by atoms with E-state index in [1.54, 1.807) is 20.1 Å². The number of hydrogen-bond acceptors (Lipinski definition) is 5. The van der Waals surface area contributed by atoms with Gasteiger partial charge in [0.15, 0.2) is 17.6 Å². The van der Waals surface area contributed by atoms with Crippen LogP contribution in [-0.4, -0.2) is 32.3 Å². The van der Waals surface area contributed by atoms with Crippen molar-refractivity contribution in [3.63, 3.8) is 0 Å². The first kappa shape index (κ1) is 16.3. The highest BCUT2D eigenvalue weighted by atomic mass is 16.6. The molecule has 0 aliphatic heterocycles. The van der Waals surface area contributed by atoms with Crippen LogP contribution < -0.4 is 15.2 Å². The lowest BCUT2D eigenvalue weighted by atomic mass is 10.1. The first-order valence-electron chi connectivity index (χ1n) is 6.86. The fraction of sp³-hybridized carbons (Fsp3) is 0.533. The first-order valence-corrected chi connectivity index (χ1v) is 6.86. The van der Waals surface area contributed by atoms with E-state index >= 15 is 0 Å². The highest BCUT2D eigenvalue weighted by Crippen LogP contribution is 2.29. The van der Waals surface area contributed by atoms with E-state index in [2.05, 4.69) is 0 Å². The minimum Gasteiger partial charge on any atom is -0.493 e. The standard InChI is InChI=1S/C15H23NO4/c1-4-12(15(17)19-5-2)20-13-7-6-11(8-9-16)10-14(13)18-3/h6-7,10,12H,4-5,8-9,16H2,1-3H3. The van der Waals surface area contributed by atoms with E-state index in [0.717, 1.165) is 12.0 Å². The Morgan fingerprint density at radius 3 is 2.60 bits per heavy atom.